The molecule has 104 valence electrons. The van der Waals surface area contributed by atoms with Crippen LogP contribution in [-0.4, -0.2) is 56.3 Å². The van der Waals surface area contributed by atoms with Crippen LogP contribution < -0.4 is 0 Å². The maximum atomic E-state index is 12.3. The van der Waals surface area contributed by atoms with Crippen LogP contribution >= 0.6 is 0 Å². The Morgan fingerprint density at radius 2 is 1.95 bits per heavy atom. The molecule has 1 aromatic rings. The summed E-state index contributed by atoms with van der Waals surface area (Å²) in [5.41, 5.74) is 0.858. The minimum Gasteiger partial charge on any atom is -0.306 e. The van der Waals surface area contributed by atoms with Crippen molar-refractivity contribution in [2.45, 2.75) is 23.3 Å². The minimum absolute atomic E-state index is 0.0594. The van der Waals surface area contributed by atoms with E-state index in [2.05, 4.69) is 16.9 Å². The lowest BCUT2D eigenvalue weighted by atomic mass is 9.73. The summed E-state index contributed by atoms with van der Waals surface area (Å²) in [5, 5.41) is 0.258. The maximum absolute atomic E-state index is 12.3. The van der Waals surface area contributed by atoms with Gasteiger partial charge in [0.1, 0.15) is 0 Å². The molecule has 0 aliphatic carbocycles. The third kappa shape index (κ3) is 1.89. The topological polar surface area (TPSA) is 53.5 Å². The van der Waals surface area contributed by atoms with Crippen molar-refractivity contribution in [3.63, 3.8) is 0 Å². The van der Waals surface area contributed by atoms with E-state index in [0.29, 0.717) is 6.54 Å². The van der Waals surface area contributed by atoms with E-state index < -0.39 is 10.0 Å². The molecule has 3 rings (SSSR count). The highest BCUT2D eigenvalue weighted by Gasteiger charge is 2.46. The predicted molar refractivity (Wildman–Crippen MR) is 72.5 cm³/mol. The average Bonchev–Trinajstić information content (AvgIpc) is 2.40. The molecular weight excluding hydrogens is 262 g/mol. The van der Waals surface area contributed by atoms with Gasteiger partial charge in [-0.15, -0.1) is 0 Å². The first-order valence-electron chi connectivity index (χ1n) is 6.56. The fourth-order valence-electron chi connectivity index (χ4n) is 3.22. The maximum Gasteiger partial charge on any atom is 0.260 e. The van der Waals surface area contributed by atoms with E-state index in [1.807, 2.05) is 12.1 Å². The van der Waals surface area contributed by atoms with Gasteiger partial charge >= 0.3 is 0 Å². The molecule has 1 fully saturated rings. The van der Waals surface area contributed by atoms with Gasteiger partial charge in [-0.1, -0.05) is 6.07 Å². The predicted octanol–water partition coefficient (Wildman–Crippen LogP) is 0.679. The van der Waals surface area contributed by atoms with Crippen LogP contribution in [0.5, 0.6) is 0 Å². The van der Waals surface area contributed by atoms with Crippen LogP contribution in [0.2, 0.25) is 0 Å². The highest BCUT2D eigenvalue weighted by atomic mass is 32.2. The lowest BCUT2D eigenvalue weighted by Crippen LogP contribution is -2.52. The van der Waals surface area contributed by atoms with E-state index in [0.717, 1.165) is 31.5 Å². The van der Waals surface area contributed by atoms with Crippen molar-refractivity contribution < 1.29 is 8.42 Å². The second kappa shape index (κ2) is 4.26. The van der Waals surface area contributed by atoms with E-state index in [1.54, 1.807) is 13.2 Å². The van der Waals surface area contributed by atoms with Gasteiger partial charge in [0.2, 0.25) is 0 Å². The van der Waals surface area contributed by atoms with Crippen molar-refractivity contribution in [3.05, 3.63) is 23.9 Å². The van der Waals surface area contributed by atoms with Gasteiger partial charge < -0.3 is 4.90 Å². The summed E-state index contributed by atoms with van der Waals surface area (Å²) in [4.78, 5) is 6.44. The van der Waals surface area contributed by atoms with Crippen LogP contribution in [-0.2, 0) is 15.4 Å². The lowest BCUT2D eigenvalue weighted by molar-refractivity contribution is 0.159. The average molecular weight is 281 g/mol. The van der Waals surface area contributed by atoms with Crippen LogP contribution in [0.3, 0.4) is 0 Å². The Hall–Kier alpha value is -0.980. The number of aromatic nitrogens is 1. The van der Waals surface area contributed by atoms with Gasteiger partial charge in [-0.3, -0.25) is 0 Å². The lowest BCUT2D eigenvalue weighted by Gasteiger charge is -2.46. The molecule has 2 aliphatic rings. The first-order chi connectivity index (χ1) is 8.96. The molecule has 0 amide bonds. The Morgan fingerprint density at radius 3 is 2.63 bits per heavy atom. The smallest absolute Gasteiger partial charge is 0.260 e. The molecule has 1 spiro atoms. The monoisotopic (exact) mass is 281 g/mol. The normalized spacial score (nSPS) is 26.2. The number of hydrogen-bond donors (Lipinski definition) is 0. The largest absolute Gasteiger partial charge is 0.306 e. The molecule has 0 unspecified atom stereocenters. The third-order valence-corrected chi connectivity index (χ3v) is 6.23. The molecule has 1 aromatic heterocycles. The van der Waals surface area contributed by atoms with Crippen LogP contribution in [0.25, 0.3) is 0 Å². The third-order valence-electron chi connectivity index (χ3n) is 4.47. The number of nitrogens with zero attached hydrogens (tertiary/aromatic N) is 3. The number of sulfonamides is 1. The summed E-state index contributed by atoms with van der Waals surface area (Å²) in [6.07, 6.45) is 3.54. The molecule has 2 aliphatic heterocycles. The molecule has 19 heavy (non-hydrogen) atoms. The van der Waals surface area contributed by atoms with Crippen molar-refractivity contribution >= 4 is 10.0 Å². The highest BCUT2D eigenvalue weighted by Crippen LogP contribution is 2.42. The molecule has 3 heterocycles. The summed E-state index contributed by atoms with van der Waals surface area (Å²) in [6, 6.07) is 3.79. The molecule has 0 aromatic carbocycles. The number of likely N-dealkylation sites (N-methyl/N-ethyl adjacent to an activating group) is 1. The Bertz CT molecular complexity index is 592. The quantitative estimate of drug-likeness (QED) is 0.702. The Labute approximate surface area is 114 Å². The van der Waals surface area contributed by atoms with Gasteiger partial charge in [0.15, 0.2) is 5.03 Å². The van der Waals surface area contributed by atoms with Crippen LogP contribution in [0.15, 0.2) is 23.4 Å². The summed E-state index contributed by atoms with van der Waals surface area (Å²) >= 11 is 0. The summed E-state index contributed by atoms with van der Waals surface area (Å²) in [7, 11) is 0.370. The Kier molecular flexibility index (Phi) is 2.92. The number of pyridine rings is 1. The number of rotatable bonds is 0. The van der Waals surface area contributed by atoms with Gasteiger partial charge in [-0.25, -0.2) is 13.4 Å². The van der Waals surface area contributed by atoms with E-state index in [9.17, 15) is 8.42 Å². The van der Waals surface area contributed by atoms with Crippen molar-refractivity contribution in [2.24, 2.45) is 0 Å². The SMILES string of the molecule is CN1CCC2(CC1)CN(C)S(=O)(=O)c1ncccc12. The number of fused-ring (bicyclic) bond motifs is 2. The van der Waals surface area contributed by atoms with Crippen molar-refractivity contribution in [1.29, 1.82) is 0 Å². The van der Waals surface area contributed by atoms with E-state index in [4.69, 9.17) is 0 Å². The van der Waals surface area contributed by atoms with Gasteiger partial charge in [-0.2, -0.15) is 4.31 Å². The Balaban J connectivity index is 2.14. The molecule has 0 radical (unpaired) electrons. The zero-order chi connectivity index (χ0) is 13.7. The standard InChI is InChI=1S/C13H19N3O2S/c1-15-8-5-13(6-9-15)10-16(2)19(17,18)12-11(13)4-3-7-14-12/h3-4,7H,5-6,8-10H2,1-2H3. The number of piperidine rings is 1. The molecule has 0 atom stereocenters. The van der Waals surface area contributed by atoms with E-state index in [-0.39, 0.29) is 10.4 Å². The second-order valence-corrected chi connectivity index (χ2v) is 7.66. The molecule has 0 N–H and O–H groups in total. The Morgan fingerprint density at radius 1 is 1.26 bits per heavy atom. The molecule has 0 saturated carbocycles. The first kappa shape index (κ1) is 13.0. The molecular formula is C13H19N3O2S. The van der Waals surface area contributed by atoms with Gasteiger partial charge in [0, 0.05) is 25.2 Å². The second-order valence-electron chi connectivity index (χ2n) is 5.70. The van der Waals surface area contributed by atoms with Crippen molar-refractivity contribution in [3.8, 4) is 0 Å². The van der Waals surface area contributed by atoms with Gasteiger partial charge in [-0.05, 0) is 44.6 Å². The minimum atomic E-state index is -3.40. The van der Waals surface area contributed by atoms with Crippen LogP contribution in [0.1, 0.15) is 18.4 Å². The summed E-state index contributed by atoms with van der Waals surface area (Å²) in [6.45, 7) is 2.58. The summed E-state index contributed by atoms with van der Waals surface area (Å²) < 4.78 is 26.2. The number of hydrogen-bond acceptors (Lipinski definition) is 4. The molecule has 5 nitrogen and oxygen atoms in total. The van der Waals surface area contributed by atoms with E-state index in [1.165, 1.54) is 4.31 Å². The van der Waals surface area contributed by atoms with Crippen molar-refractivity contribution in [2.75, 3.05) is 33.7 Å². The highest BCUT2D eigenvalue weighted by molar-refractivity contribution is 7.89. The number of likely N-dealkylation sites (tertiary alicyclic amines) is 1. The zero-order valence-corrected chi connectivity index (χ0v) is 12.2. The van der Waals surface area contributed by atoms with Crippen LogP contribution in [0, 0.1) is 0 Å². The van der Waals surface area contributed by atoms with E-state index >= 15 is 0 Å². The van der Waals surface area contributed by atoms with Gasteiger partial charge in [0.05, 0.1) is 0 Å². The van der Waals surface area contributed by atoms with Crippen LogP contribution in [0.4, 0.5) is 0 Å². The molecule has 1 saturated heterocycles. The first-order valence-corrected chi connectivity index (χ1v) is 8.00. The van der Waals surface area contributed by atoms with Gasteiger partial charge in [0.25, 0.3) is 10.0 Å². The molecule has 6 heteroatoms. The fraction of sp³-hybridized carbons (Fsp3) is 0.615. The fourth-order valence-corrected chi connectivity index (χ4v) is 4.69. The zero-order valence-electron chi connectivity index (χ0n) is 11.3. The summed E-state index contributed by atoms with van der Waals surface area (Å²) in [5.74, 6) is 0. The molecule has 0 bridgehead atoms. The van der Waals surface area contributed by atoms with Crippen molar-refractivity contribution in [1.82, 2.24) is 14.2 Å².